The number of carbonyl (C=O) groups is 1. The van der Waals surface area contributed by atoms with E-state index in [1.54, 1.807) is 0 Å². The minimum atomic E-state index is -0.727. The second-order valence-electron chi connectivity index (χ2n) is 4.64. The molecule has 0 amide bonds. The fraction of sp³-hybridized carbons (Fsp3) is 0.917. The molecular formula is C12H22O3. The van der Waals surface area contributed by atoms with E-state index < -0.39 is 12.1 Å². The lowest BCUT2D eigenvalue weighted by Crippen LogP contribution is -2.29. The number of aliphatic hydroxyl groups is 1. The number of rotatable bonds is 5. The average Bonchev–Trinajstić information content (AvgIpc) is 2.26. The number of carboxylic acid groups (broad SMARTS) is 1. The van der Waals surface area contributed by atoms with E-state index in [-0.39, 0.29) is 11.8 Å². The Bertz CT molecular complexity index is 197. The molecule has 0 saturated heterocycles. The summed E-state index contributed by atoms with van der Waals surface area (Å²) in [6.07, 6.45) is 6.20. The van der Waals surface area contributed by atoms with Gasteiger partial charge in [-0.05, 0) is 31.6 Å². The van der Waals surface area contributed by atoms with Crippen molar-refractivity contribution in [1.82, 2.24) is 0 Å². The van der Waals surface area contributed by atoms with Crippen LogP contribution in [0.3, 0.4) is 0 Å². The number of carboxylic acids is 1. The van der Waals surface area contributed by atoms with E-state index in [0.29, 0.717) is 12.8 Å². The van der Waals surface area contributed by atoms with Crippen LogP contribution in [0.4, 0.5) is 0 Å². The molecule has 1 aliphatic carbocycles. The van der Waals surface area contributed by atoms with Gasteiger partial charge in [-0.1, -0.05) is 26.2 Å². The predicted molar refractivity (Wildman–Crippen MR) is 58.6 cm³/mol. The Labute approximate surface area is 91.5 Å². The Hall–Kier alpha value is -0.570. The third-order valence-corrected chi connectivity index (χ3v) is 3.53. The van der Waals surface area contributed by atoms with Gasteiger partial charge in [-0.25, -0.2) is 0 Å². The summed E-state index contributed by atoms with van der Waals surface area (Å²) >= 11 is 0. The van der Waals surface area contributed by atoms with Gasteiger partial charge in [-0.15, -0.1) is 0 Å². The Morgan fingerprint density at radius 2 is 1.93 bits per heavy atom. The van der Waals surface area contributed by atoms with Gasteiger partial charge in [-0.2, -0.15) is 0 Å². The van der Waals surface area contributed by atoms with Gasteiger partial charge in [0.25, 0.3) is 0 Å². The van der Waals surface area contributed by atoms with Crippen molar-refractivity contribution < 1.29 is 15.0 Å². The van der Waals surface area contributed by atoms with E-state index in [1.165, 1.54) is 6.42 Å². The fourth-order valence-electron chi connectivity index (χ4n) is 2.49. The van der Waals surface area contributed by atoms with E-state index >= 15 is 0 Å². The molecule has 0 spiro atoms. The van der Waals surface area contributed by atoms with Crippen LogP contribution in [0, 0.1) is 11.8 Å². The van der Waals surface area contributed by atoms with Crippen LogP contribution >= 0.6 is 0 Å². The lowest BCUT2D eigenvalue weighted by molar-refractivity contribution is -0.145. The summed E-state index contributed by atoms with van der Waals surface area (Å²) < 4.78 is 0. The molecule has 3 heteroatoms. The smallest absolute Gasteiger partial charge is 0.306 e. The highest BCUT2D eigenvalue weighted by Crippen LogP contribution is 2.32. The molecule has 3 nitrogen and oxygen atoms in total. The van der Waals surface area contributed by atoms with Crippen molar-refractivity contribution >= 4 is 5.97 Å². The Morgan fingerprint density at radius 3 is 2.40 bits per heavy atom. The van der Waals surface area contributed by atoms with Crippen molar-refractivity contribution in [3.05, 3.63) is 0 Å². The highest BCUT2D eigenvalue weighted by molar-refractivity contribution is 5.70. The first-order valence-electron chi connectivity index (χ1n) is 6.06. The summed E-state index contributed by atoms with van der Waals surface area (Å²) in [5.74, 6) is -0.771. The molecule has 1 fully saturated rings. The van der Waals surface area contributed by atoms with Crippen LogP contribution < -0.4 is 0 Å². The Kier molecular flexibility index (Phi) is 5.09. The SMILES string of the molecule is CCC(O)CC(C(=O)O)C1CCCCC1. The van der Waals surface area contributed by atoms with Crippen LogP contribution in [0.1, 0.15) is 51.9 Å². The summed E-state index contributed by atoms with van der Waals surface area (Å²) in [4.78, 5) is 11.1. The molecule has 2 atom stereocenters. The lowest BCUT2D eigenvalue weighted by atomic mass is 9.77. The molecule has 0 aliphatic heterocycles. The molecule has 2 N–H and O–H groups in total. The molecule has 0 bridgehead atoms. The zero-order valence-corrected chi connectivity index (χ0v) is 9.48. The topological polar surface area (TPSA) is 57.5 Å². The number of hydrogen-bond acceptors (Lipinski definition) is 2. The van der Waals surface area contributed by atoms with Crippen LogP contribution in [-0.2, 0) is 4.79 Å². The van der Waals surface area contributed by atoms with Crippen LogP contribution in [0.15, 0.2) is 0 Å². The van der Waals surface area contributed by atoms with Crippen molar-refractivity contribution in [1.29, 1.82) is 0 Å². The third kappa shape index (κ3) is 3.82. The first-order chi connectivity index (χ1) is 7.15. The normalized spacial score (nSPS) is 22.3. The van der Waals surface area contributed by atoms with E-state index in [1.807, 2.05) is 6.92 Å². The monoisotopic (exact) mass is 214 g/mol. The maximum atomic E-state index is 11.1. The van der Waals surface area contributed by atoms with Crippen molar-refractivity contribution in [2.45, 2.75) is 58.0 Å². The minimum Gasteiger partial charge on any atom is -0.481 e. The molecule has 0 aromatic heterocycles. The Balaban J connectivity index is 2.51. The minimum absolute atomic E-state index is 0.289. The number of hydrogen-bond donors (Lipinski definition) is 2. The zero-order valence-electron chi connectivity index (χ0n) is 9.48. The quantitative estimate of drug-likeness (QED) is 0.739. The van der Waals surface area contributed by atoms with Gasteiger partial charge in [0.1, 0.15) is 0 Å². The van der Waals surface area contributed by atoms with Crippen molar-refractivity contribution in [3.8, 4) is 0 Å². The summed E-state index contributed by atoms with van der Waals surface area (Å²) in [5.41, 5.74) is 0. The van der Waals surface area contributed by atoms with Crippen LogP contribution in [0.2, 0.25) is 0 Å². The van der Waals surface area contributed by atoms with Gasteiger partial charge in [0.2, 0.25) is 0 Å². The average molecular weight is 214 g/mol. The molecular weight excluding hydrogens is 192 g/mol. The molecule has 1 saturated carbocycles. The molecule has 0 aromatic rings. The maximum Gasteiger partial charge on any atom is 0.306 e. The first-order valence-corrected chi connectivity index (χ1v) is 6.06. The predicted octanol–water partition coefficient (Wildman–Crippen LogP) is 2.43. The molecule has 15 heavy (non-hydrogen) atoms. The number of aliphatic hydroxyl groups excluding tert-OH is 1. The molecule has 1 rings (SSSR count). The van der Waals surface area contributed by atoms with Crippen molar-refractivity contribution in [3.63, 3.8) is 0 Å². The standard InChI is InChI=1S/C12H22O3/c1-2-10(13)8-11(12(14)15)9-6-4-3-5-7-9/h9-11,13H,2-8H2,1H3,(H,14,15). The van der Waals surface area contributed by atoms with Gasteiger partial charge in [0.05, 0.1) is 12.0 Å². The highest BCUT2D eigenvalue weighted by Gasteiger charge is 2.30. The van der Waals surface area contributed by atoms with Gasteiger partial charge < -0.3 is 10.2 Å². The lowest BCUT2D eigenvalue weighted by Gasteiger charge is -2.28. The zero-order chi connectivity index (χ0) is 11.3. The maximum absolute atomic E-state index is 11.1. The third-order valence-electron chi connectivity index (χ3n) is 3.53. The first kappa shape index (κ1) is 12.5. The fourth-order valence-corrected chi connectivity index (χ4v) is 2.49. The number of aliphatic carboxylic acids is 1. The molecule has 0 aromatic carbocycles. The van der Waals surface area contributed by atoms with E-state index in [2.05, 4.69) is 0 Å². The summed E-state index contributed by atoms with van der Waals surface area (Å²) in [6.45, 7) is 1.89. The second-order valence-corrected chi connectivity index (χ2v) is 4.64. The van der Waals surface area contributed by atoms with E-state index in [4.69, 9.17) is 5.11 Å². The van der Waals surface area contributed by atoms with Gasteiger partial charge in [0, 0.05) is 0 Å². The van der Waals surface area contributed by atoms with Crippen molar-refractivity contribution in [2.24, 2.45) is 11.8 Å². The van der Waals surface area contributed by atoms with Gasteiger partial charge in [0.15, 0.2) is 0 Å². The van der Waals surface area contributed by atoms with Crippen LogP contribution in [0.5, 0.6) is 0 Å². The summed E-state index contributed by atoms with van der Waals surface area (Å²) in [7, 11) is 0. The van der Waals surface area contributed by atoms with Gasteiger partial charge >= 0.3 is 5.97 Å². The summed E-state index contributed by atoms with van der Waals surface area (Å²) in [5, 5.41) is 18.7. The molecule has 0 heterocycles. The second kappa shape index (κ2) is 6.11. The Morgan fingerprint density at radius 1 is 1.33 bits per heavy atom. The summed E-state index contributed by atoms with van der Waals surface area (Å²) in [6, 6.07) is 0. The van der Waals surface area contributed by atoms with E-state index in [0.717, 1.165) is 25.7 Å². The van der Waals surface area contributed by atoms with Crippen LogP contribution in [-0.4, -0.2) is 22.3 Å². The molecule has 0 radical (unpaired) electrons. The van der Waals surface area contributed by atoms with Crippen molar-refractivity contribution in [2.75, 3.05) is 0 Å². The van der Waals surface area contributed by atoms with Crippen LogP contribution in [0.25, 0.3) is 0 Å². The molecule has 2 unspecified atom stereocenters. The molecule has 88 valence electrons. The molecule has 1 aliphatic rings. The van der Waals surface area contributed by atoms with Gasteiger partial charge in [-0.3, -0.25) is 4.79 Å². The largest absolute Gasteiger partial charge is 0.481 e. The van der Waals surface area contributed by atoms with E-state index in [9.17, 15) is 9.90 Å². The highest BCUT2D eigenvalue weighted by atomic mass is 16.4.